The van der Waals surface area contributed by atoms with Gasteiger partial charge in [-0.15, -0.1) is 0 Å². The number of nitro groups is 1. The zero-order valence-electron chi connectivity index (χ0n) is 41.2. The Morgan fingerprint density at radius 3 is 2.52 bits per heavy atom. The van der Waals surface area contributed by atoms with E-state index in [1.807, 2.05) is 35.4 Å². The Morgan fingerprint density at radius 1 is 0.972 bits per heavy atom. The number of aromatic nitrogens is 2. The van der Waals surface area contributed by atoms with Crippen molar-refractivity contribution in [1.82, 2.24) is 19.6 Å². The van der Waals surface area contributed by atoms with Crippen molar-refractivity contribution in [2.24, 2.45) is 11.3 Å². The number of sulfonamides is 1. The number of piperidine rings is 1. The predicted molar refractivity (Wildman–Crippen MR) is 273 cm³/mol. The van der Waals surface area contributed by atoms with Crippen LogP contribution in [0.4, 0.5) is 28.4 Å². The lowest BCUT2D eigenvalue weighted by molar-refractivity contribution is -0.384. The predicted octanol–water partition coefficient (Wildman–Crippen LogP) is 9.60. The fraction of sp³-hybridized carbons (Fsp3) is 0.519. The van der Waals surface area contributed by atoms with Crippen LogP contribution >= 0.6 is 0 Å². The zero-order valence-corrected chi connectivity index (χ0v) is 42.0. The van der Waals surface area contributed by atoms with Gasteiger partial charge in [-0.05, 0) is 149 Å². The minimum absolute atomic E-state index is 0.115. The summed E-state index contributed by atoms with van der Waals surface area (Å²) in [5.74, 6) is 0.278. The molecule has 11 rings (SSSR count). The minimum Gasteiger partial charge on any atom is -0.468 e. The summed E-state index contributed by atoms with van der Waals surface area (Å²) in [6, 6.07) is 22.9. The molecule has 1 amide bonds. The Morgan fingerprint density at radius 2 is 1.76 bits per heavy atom. The highest BCUT2D eigenvalue weighted by Crippen LogP contribution is 2.55. The Labute approximate surface area is 416 Å². The third-order valence-corrected chi connectivity index (χ3v) is 18.4. The first-order valence-corrected chi connectivity index (χ1v) is 27.1. The number of hydrogen-bond donors (Lipinski definition) is 3. The van der Waals surface area contributed by atoms with Gasteiger partial charge in [0.05, 0.1) is 45.9 Å². The van der Waals surface area contributed by atoms with Crippen LogP contribution < -0.4 is 24.6 Å². The quantitative estimate of drug-likeness (QED) is 0.0749. The van der Waals surface area contributed by atoms with E-state index >= 15 is 0 Å². The molecule has 2 aliphatic carbocycles. The highest BCUT2D eigenvalue weighted by Gasteiger charge is 2.50. The van der Waals surface area contributed by atoms with Gasteiger partial charge < -0.3 is 34.3 Å². The molecule has 0 unspecified atom stereocenters. The van der Waals surface area contributed by atoms with E-state index < -0.39 is 37.5 Å². The fourth-order valence-corrected chi connectivity index (χ4v) is 13.7. The molecule has 1 spiro atoms. The average molecular weight is 987 g/mol. The summed E-state index contributed by atoms with van der Waals surface area (Å²) < 4.78 is 48.7. The molecule has 6 aliphatic rings. The number of anilines is 4. The van der Waals surface area contributed by atoms with Gasteiger partial charge in [-0.2, -0.15) is 4.98 Å². The Kier molecular flexibility index (Phi) is 12.5. The Bertz CT molecular complexity index is 2940. The first-order chi connectivity index (χ1) is 34.2. The summed E-state index contributed by atoms with van der Waals surface area (Å²) >= 11 is 0. The standard InChI is InChI=1S/C54H66N8O8S/c1-34(2)40-8-5-6-9-41(40)44-10-7-23-60(44)38-29-54(30-38)20-24-59(25-21-54)37-11-13-42(45(27-37)61-47-26-36-17-22-55-50(36)57-52(47)70-49-33-69-32-48(49)61)51(63)58-71(66,67)39-12-14-43(46(28-39)62(64)65)56-31-35-15-18-53(3,68-4)19-16-35/h5-6,8-9,11-14,17,22,26-28,34-35,38,44,48-49,56H,7,10,15-16,18-21,23-25,29-33H2,1-4H3,(H,55,57)(H,58,63)/t35?,44-,48-,49-,53?/m0/s1. The van der Waals surface area contributed by atoms with Gasteiger partial charge in [0.1, 0.15) is 23.1 Å². The minimum atomic E-state index is -4.60. The van der Waals surface area contributed by atoms with E-state index in [9.17, 15) is 23.3 Å². The third-order valence-electron chi connectivity index (χ3n) is 17.0. The molecule has 17 heteroatoms. The second-order valence-electron chi connectivity index (χ2n) is 21.6. The summed E-state index contributed by atoms with van der Waals surface area (Å²) in [4.78, 5) is 41.3. The van der Waals surface area contributed by atoms with Crippen LogP contribution in [0, 0.1) is 21.4 Å². The Balaban J connectivity index is 0.851. The molecule has 71 heavy (non-hydrogen) atoms. The molecule has 6 heterocycles. The monoisotopic (exact) mass is 986 g/mol. The van der Waals surface area contributed by atoms with Crippen LogP contribution in [-0.4, -0.2) is 104 Å². The molecule has 5 aromatic rings. The summed E-state index contributed by atoms with van der Waals surface area (Å²) in [6.45, 7) is 10.7. The molecule has 3 N–H and O–H groups in total. The molecule has 0 radical (unpaired) electrons. The molecule has 3 saturated heterocycles. The van der Waals surface area contributed by atoms with Crippen molar-refractivity contribution in [2.45, 2.75) is 126 Å². The molecule has 3 aromatic carbocycles. The van der Waals surface area contributed by atoms with Gasteiger partial charge in [0, 0.05) is 62.2 Å². The average Bonchev–Trinajstić information content (AvgIpc) is 4.16. The van der Waals surface area contributed by atoms with Gasteiger partial charge in [0.25, 0.3) is 21.6 Å². The molecule has 5 fully saturated rings. The van der Waals surface area contributed by atoms with E-state index in [-0.39, 0.29) is 28.8 Å². The molecule has 2 aromatic heterocycles. The van der Waals surface area contributed by atoms with E-state index in [2.05, 4.69) is 69.9 Å². The lowest BCUT2D eigenvalue weighted by atomic mass is 9.59. The molecule has 2 saturated carbocycles. The number of aromatic amines is 1. The second kappa shape index (κ2) is 18.7. The third kappa shape index (κ3) is 9.01. The smallest absolute Gasteiger partial charge is 0.293 e. The summed E-state index contributed by atoms with van der Waals surface area (Å²) in [7, 11) is -2.88. The van der Waals surface area contributed by atoms with Gasteiger partial charge in [-0.3, -0.25) is 19.8 Å². The van der Waals surface area contributed by atoms with Crippen molar-refractivity contribution in [2.75, 3.05) is 61.6 Å². The topological polar surface area (TPSA) is 184 Å². The highest BCUT2D eigenvalue weighted by molar-refractivity contribution is 7.90. The number of nitrogens with zero attached hydrogens (tertiary/aromatic N) is 5. The number of likely N-dealkylation sites (tertiary alicyclic amines) is 1. The number of H-pyrrole nitrogens is 1. The number of rotatable bonds is 13. The first-order valence-electron chi connectivity index (χ1n) is 25.6. The summed E-state index contributed by atoms with van der Waals surface area (Å²) in [5, 5.41) is 16.4. The van der Waals surface area contributed by atoms with Crippen molar-refractivity contribution in [3.63, 3.8) is 0 Å². The molecule has 4 aliphatic heterocycles. The summed E-state index contributed by atoms with van der Waals surface area (Å²) in [5.41, 5.74) is 5.72. The highest BCUT2D eigenvalue weighted by atomic mass is 32.2. The van der Waals surface area contributed by atoms with Crippen molar-refractivity contribution in [3.05, 3.63) is 106 Å². The largest absolute Gasteiger partial charge is 0.468 e. The van der Waals surface area contributed by atoms with Crippen LogP contribution in [0.2, 0.25) is 0 Å². The molecule has 16 nitrogen and oxygen atoms in total. The van der Waals surface area contributed by atoms with Crippen LogP contribution in [-0.2, 0) is 19.5 Å². The van der Waals surface area contributed by atoms with Crippen molar-refractivity contribution in [1.29, 1.82) is 0 Å². The number of methoxy groups -OCH3 is 1. The summed E-state index contributed by atoms with van der Waals surface area (Å²) in [6.07, 6.45) is 11.9. The van der Waals surface area contributed by atoms with Gasteiger partial charge in [0.15, 0.2) is 0 Å². The number of carbonyl (C=O) groups is 1. The number of benzene rings is 3. The molecular weight excluding hydrogens is 921 g/mol. The van der Waals surface area contributed by atoms with Crippen LogP contribution in [0.25, 0.3) is 11.0 Å². The number of fused-ring (bicyclic) bond motifs is 3. The lowest BCUT2D eigenvalue weighted by Gasteiger charge is -2.56. The molecule has 3 atom stereocenters. The lowest BCUT2D eigenvalue weighted by Crippen LogP contribution is -2.55. The SMILES string of the molecule is COC1(C)CCC(CNc2ccc(S(=O)(=O)NC(=O)c3ccc(N4CCC5(CC4)CC(N4CCC[C@H]4c4ccccc4C(C)C)C5)cc3N3c4cc5cc[nH]c5nc4O[C@H]4COC[C@@H]43)cc2[N+](=O)[O-])CC1. The first kappa shape index (κ1) is 47.6. The normalized spacial score (nSPS) is 25.5. The molecule has 0 bridgehead atoms. The van der Waals surface area contributed by atoms with E-state index in [0.29, 0.717) is 66.1 Å². The van der Waals surface area contributed by atoms with Crippen LogP contribution in [0.15, 0.2) is 83.9 Å². The number of carbonyl (C=O) groups excluding carboxylic acids is 1. The van der Waals surface area contributed by atoms with E-state index in [1.54, 1.807) is 13.2 Å². The van der Waals surface area contributed by atoms with E-state index in [0.717, 1.165) is 75.3 Å². The number of ether oxygens (including phenoxy) is 3. The van der Waals surface area contributed by atoms with Crippen LogP contribution in [0.5, 0.6) is 5.88 Å². The maximum atomic E-state index is 14.7. The van der Waals surface area contributed by atoms with Gasteiger partial charge in [-0.25, -0.2) is 13.1 Å². The van der Waals surface area contributed by atoms with Gasteiger partial charge >= 0.3 is 0 Å². The van der Waals surface area contributed by atoms with Gasteiger partial charge in [0.2, 0.25) is 5.88 Å². The molecule has 376 valence electrons. The van der Waals surface area contributed by atoms with Crippen molar-refractivity contribution < 1.29 is 32.3 Å². The number of nitrogens with one attached hydrogen (secondary N) is 3. The molecular formula is C54H66N8O8S. The zero-order chi connectivity index (χ0) is 49.2. The van der Waals surface area contributed by atoms with Crippen molar-refractivity contribution in [3.8, 4) is 5.88 Å². The number of amides is 1. The fourth-order valence-electron chi connectivity index (χ4n) is 12.7. The van der Waals surface area contributed by atoms with Crippen LogP contribution in [0.1, 0.15) is 118 Å². The second-order valence-corrected chi connectivity index (χ2v) is 23.3. The Hall–Kier alpha value is -5.75. The number of pyridine rings is 1. The van der Waals surface area contributed by atoms with E-state index in [4.69, 9.17) is 19.2 Å². The van der Waals surface area contributed by atoms with Crippen LogP contribution in [0.3, 0.4) is 0 Å². The van der Waals surface area contributed by atoms with Gasteiger partial charge in [-0.1, -0.05) is 38.1 Å². The maximum absolute atomic E-state index is 14.7. The number of nitro benzene ring substituents is 1. The number of hydrogen-bond acceptors (Lipinski definition) is 13. The maximum Gasteiger partial charge on any atom is 0.293 e. The van der Waals surface area contributed by atoms with E-state index in [1.165, 1.54) is 48.9 Å². The van der Waals surface area contributed by atoms with Crippen molar-refractivity contribution >= 4 is 55.4 Å².